The maximum Gasteiger partial charge on any atom is 0.237 e. The normalized spacial score (nSPS) is 12.0. The Labute approximate surface area is 192 Å². The third-order valence-electron chi connectivity index (χ3n) is 4.93. The predicted molar refractivity (Wildman–Crippen MR) is 126 cm³/mol. The van der Waals surface area contributed by atoms with Gasteiger partial charge in [-0.3, -0.25) is 4.79 Å². The van der Waals surface area contributed by atoms with Gasteiger partial charge in [-0.25, -0.2) is 0 Å². The van der Waals surface area contributed by atoms with Crippen molar-refractivity contribution in [3.8, 4) is 5.75 Å². The second-order valence-corrected chi connectivity index (χ2v) is 8.79. The van der Waals surface area contributed by atoms with Crippen LogP contribution < -0.4 is 10.1 Å². The molecule has 1 heterocycles. The van der Waals surface area contributed by atoms with E-state index in [1.807, 2.05) is 55.5 Å². The maximum absolute atomic E-state index is 12.7. The van der Waals surface area contributed by atoms with Crippen LogP contribution in [0, 0.1) is 0 Å². The molecule has 0 radical (unpaired) electrons. The van der Waals surface area contributed by atoms with Gasteiger partial charge in [-0.15, -0.1) is 10.2 Å². The highest BCUT2D eigenvalue weighted by Crippen LogP contribution is 2.30. The number of amides is 1. The fourth-order valence-corrected chi connectivity index (χ4v) is 4.32. The van der Waals surface area contributed by atoms with Gasteiger partial charge in [-0.1, -0.05) is 67.5 Å². The number of carbonyl (C=O) groups excluding carboxylic acids is 1. The summed E-state index contributed by atoms with van der Waals surface area (Å²) in [6.45, 7) is 6.38. The number of thioether (sulfide) groups is 1. The second-order valence-electron chi connectivity index (χ2n) is 7.07. The van der Waals surface area contributed by atoms with E-state index in [1.54, 1.807) is 6.07 Å². The van der Waals surface area contributed by atoms with E-state index in [1.165, 1.54) is 11.8 Å². The molecular weight excluding hydrogens is 432 g/mol. The topological polar surface area (TPSA) is 69.0 Å². The van der Waals surface area contributed by atoms with Gasteiger partial charge in [-0.05, 0) is 44.0 Å². The lowest BCUT2D eigenvalue weighted by atomic mass is 10.2. The number of anilines is 1. The monoisotopic (exact) mass is 458 g/mol. The van der Waals surface area contributed by atoms with Gasteiger partial charge in [0.1, 0.15) is 12.4 Å². The SMILES string of the molecule is CCC(CC)n1c(COc2ccccc2Cl)nnc1SC(C)C(=O)Nc1ccccc1. The minimum atomic E-state index is -0.338. The summed E-state index contributed by atoms with van der Waals surface area (Å²) in [6, 6.07) is 17.0. The summed E-state index contributed by atoms with van der Waals surface area (Å²) in [4.78, 5) is 12.7. The largest absolute Gasteiger partial charge is 0.484 e. The summed E-state index contributed by atoms with van der Waals surface area (Å²) in [5, 5.41) is 12.6. The molecule has 31 heavy (non-hydrogen) atoms. The van der Waals surface area contributed by atoms with Gasteiger partial charge >= 0.3 is 0 Å². The Morgan fingerprint density at radius 3 is 2.45 bits per heavy atom. The summed E-state index contributed by atoms with van der Waals surface area (Å²) in [7, 11) is 0. The molecule has 2 aromatic carbocycles. The van der Waals surface area contributed by atoms with Crippen molar-refractivity contribution in [1.82, 2.24) is 14.8 Å². The Morgan fingerprint density at radius 2 is 1.77 bits per heavy atom. The Hall–Kier alpha value is -2.51. The molecule has 1 N–H and O–H groups in total. The van der Waals surface area contributed by atoms with E-state index in [0.29, 0.717) is 21.8 Å². The number of ether oxygens (including phenoxy) is 1. The summed E-state index contributed by atoms with van der Waals surface area (Å²) in [6.07, 6.45) is 1.84. The zero-order valence-corrected chi connectivity index (χ0v) is 19.5. The molecule has 3 aromatic rings. The van der Waals surface area contributed by atoms with Gasteiger partial charge in [0, 0.05) is 11.7 Å². The molecular formula is C23H27ClN4O2S. The van der Waals surface area contributed by atoms with Crippen LogP contribution in [0.1, 0.15) is 45.5 Å². The number of benzene rings is 2. The number of halogens is 1. The van der Waals surface area contributed by atoms with E-state index in [4.69, 9.17) is 16.3 Å². The van der Waals surface area contributed by atoms with Crippen LogP contribution in [-0.2, 0) is 11.4 Å². The van der Waals surface area contributed by atoms with Crippen LogP contribution in [0.3, 0.4) is 0 Å². The van der Waals surface area contributed by atoms with E-state index in [-0.39, 0.29) is 23.8 Å². The smallest absolute Gasteiger partial charge is 0.237 e. The van der Waals surface area contributed by atoms with E-state index in [0.717, 1.165) is 18.5 Å². The molecule has 0 spiro atoms. The van der Waals surface area contributed by atoms with Crippen LogP contribution in [0.5, 0.6) is 5.75 Å². The molecule has 6 nitrogen and oxygen atoms in total. The molecule has 1 unspecified atom stereocenters. The zero-order chi connectivity index (χ0) is 22.2. The van der Waals surface area contributed by atoms with E-state index in [2.05, 4.69) is 33.9 Å². The number of para-hydroxylation sites is 2. The molecule has 3 rings (SSSR count). The maximum atomic E-state index is 12.7. The van der Waals surface area contributed by atoms with Crippen LogP contribution >= 0.6 is 23.4 Å². The fourth-order valence-electron chi connectivity index (χ4n) is 3.19. The average molecular weight is 459 g/mol. The molecule has 0 saturated heterocycles. The molecule has 0 fully saturated rings. The molecule has 0 aliphatic heterocycles. The number of rotatable bonds is 10. The van der Waals surface area contributed by atoms with Gasteiger partial charge in [0.05, 0.1) is 10.3 Å². The highest BCUT2D eigenvalue weighted by molar-refractivity contribution is 8.00. The number of hydrogen-bond donors (Lipinski definition) is 1. The number of nitrogens with one attached hydrogen (secondary N) is 1. The van der Waals surface area contributed by atoms with Crippen molar-refractivity contribution in [1.29, 1.82) is 0 Å². The Kier molecular flexibility index (Phi) is 8.37. The number of nitrogens with zero attached hydrogens (tertiary/aromatic N) is 3. The van der Waals surface area contributed by atoms with E-state index < -0.39 is 0 Å². The molecule has 8 heteroatoms. The first-order valence-corrected chi connectivity index (χ1v) is 11.6. The molecule has 0 bridgehead atoms. The van der Waals surface area contributed by atoms with Crippen molar-refractivity contribution < 1.29 is 9.53 Å². The van der Waals surface area contributed by atoms with E-state index in [9.17, 15) is 4.79 Å². The minimum absolute atomic E-state index is 0.0795. The molecule has 0 aliphatic carbocycles. The molecule has 1 atom stereocenters. The predicted octanol–water partition coefficient (Wildman–Crippen LogP) is 5.99. The fraction of sp³-hybridized carbons (Fsp3) is 0.348. The zero-order valence-electron chi connectivity index (χ0n) is 17.9. The molecule has 1 aromatic heterocycles. The molecule has 164 valence electrons. The average Bonchev–Trinajstić information content (AvgIpc) is 3.17. The Balaban J connectivity index is 1.76. The van der Waals surface area contributed by atoms with Crippen LogP contribution in [0.4, 0.5) is 5.69 Å². The quantitative estimate of drug-likeness (QED) is 0.378. The highest BCUT2D eigenvalue weighted by Gasteiger charge is 2.24. The van der Waals surface area contributed by atoms with Crippen LogP contribution in [-0.4, -0.2) is 25.9 Å². The van der Waals surface area contributed by atoms with Crippen LogP contribution in [0.15, 0.2) is 59.8 Å². The van der Waals surface area contributed by atoms with Crippen molar-refractivity contribution in [2.75, 3.05) is 5.32 Å². The third kappa shape index (κ3) is 6.02. The highest BCUT2D eigenvalue weighted by atomic mass is 35.5. The van der Waals surface area contributed by atoms with Gasteiger partial charge in [0.25, 0.3) is 0 Å². The molecule has 0 aliphatic rings. The van der Waals surface area contributed by atoms with Crippen molar-refractivity contribution in [2.24, 2.45) is 0 Å². The summed E-state index contributed by atoms with van der Waals surface area (Å²) in [5.41, 5.74) is 0.773. The lowest BCUT2D eigenvalue weighted by Crippen LogP contribution is -2.23. The van der Waals surface area contributed by atoms with Gasteiger partial charge < -0.3 is 14.6 Å². The lowest BCUT2D eigenvalue weighted by molar-refractivity contribution is -0.115. The standard InChI is InChI=1S/C23H27ClN4O2S/c1-4-18(5-2)28-21(15-30-20-14-10-9-13-19(20)24)26-27-23(28)31-16(3)22(29)25-17-11-7-6-8-12-17/h6-14,16,18H,4-5,15H2,1-3H3,(H,25,29). The minimum Gasteiger partial charge on any atom is -0.484 e. The van der Waals surface area contributed by atoms with Crippen LogP contribution in [0.25, 0.3) is 0 Å². The first-order chi connectivity index (χ1) is 15.0. The van der Waals surface area contributed by atoms with Crippen LogP contribution in [0.2, 0.25) is 5.02 Å². The van der Waals surface area contributed by atoms with Gasteiger partial charge in [-0.2, -0.15) is 0 Å². The van der Waals surface area contributed by atoms with Crippen molar-refractivity contribution in [2.45, 2.75) is 56.7 Å². The number of aromatic nitrogens is 3. The second kappa shape index (κ2) is 11.2. The Bertz CT molecular complexity index is 992. The summed E-state index contributed by atoms with van der Waals surface area (Å²) < 4.78 is 7.99. The van der Waals surface area contributed by atoms with Crippen molar-refractivity contribution >= 4 is 35.0 Å². The molecule has 1 amide bonds. The summed E-state index contributed by atoms with van der Waals surface area (Å²) >= 11 is 7.60. The van der Waals surface area contributed by atoms with Crippen molar-refractivity contribution in [3.05, 3.63) is 65.4 Å². The first kappa shape index (κ1) is 23.2. The lowest BCUT2D eigenvalue weighted by Gasteiger charge is -2.20. The van der Waals surface area contributed by atoms with Gasteiger partial charge in [0.2, 0.25) is 5.91 Å². The Morgan fingerprint density at radius 1 is 1.10 bits per heavy atom. The third-order valence-corrected chi connectivity index (χ3v) is 6.30. The number of hydrogen-bond acceptors (Lipinski definition) is 5. The van der Waals surface area contributed by atoms with Crippen molar-refractivity contribution in [3.63, 3.8) is 0 Å². The van der Waals surface area contributed by atoms with Gasteiger partial charge in [0.15, 0.2) is 11.0 Å². The summed E-state index contributed by atoms with van der Waals surface area (Å²) in [5.74, 6) is 1.24. The van der Waals surface area contributed by atoms with E-state index >= 15 is 0 Å². The molecule has 0 saturated carbocycles. The first-order valence-electron chi connectivity index (χ1n) is 10.4. The number of carbonyl (C=O) groups is 1.